The third-order valence-corrected chi connectivity index (χ3v) is 5.58. The fourth-order valence-electron chi connectivity index (χ4n) is 3.93. The molecule has 3 nitrogen and oxygen atoms in total. The van der Waals surface area contributed by atoms with Crippen molar-refractivity contribution in [2.24, 2.45) is 11.3 Å². The summed E-state index contributed by atoms with van der Waals surface area (Å²) in [5.74, 6) is 0.307. The van der Waals surface area contributed by atoms with Crippen molar-refractivity contribution in [3.8, 4) is 0 Å². The van der Waals surface area contributed by atoms with E-state index in [1.807, 2.05) is 6.07 Å². The average molecular weight is 317 g/mol. The van der Waals surface area contributed by atoms with Crippen LogP contribution in [0.4, 0.5) is 0 Å². The predicted molar refractivity (Wildman–Crippen MR) is 94.2 cm³/mol. The van der Waals surface area contributed by atoms with E-state index in [4.69, 9.17) is 4.74 Å². The van der Waals surface area contributed by atoms with E-state index >= 15 is 0 Å². The van der Waals surface area contributed by atoms with E-state index in [0.717, 1.165) is 25.9 Å². The Hall–Kier alpha value is -1.35. The van der Waals surface area contributed by atoms with Crippen LogP contribution in [0.2, 0.25) is 0 Å². The first-order valence-electron chi connectivity index (χ1n) is 8.92. The Morgan fingerprint density at radius 1 is 1.35 bits per heavy atom. The molecule has 0 spiro atoms. The van der Waals surface area contributed by atoms with Gasteiger partial charge in [0.05, 0.1) is 12.5 Å². The van der Waals surface area contributed by atoms with Crippen LogP contribution < -0.4 is 0 Å². The van der Waals surface area contributed by atoms with Crippen molar-refractivity contribution < 1.29 is 9.53 Å². The minimum absolute atomic E-state index is 0.0242. The van der Waals surface area contributed by atoms with Crippen molar-refractivity contribution >= 4 is 5.97 Å². The van der Waals surface area contributed by atoms with Crippen LogP contribution in [0, 0.1) is 11.3 Å². The summed E-state index contributed by atoms with van der Waals surface area (Å²) in [7, 11) is 1.53. The fraction of sp³-hybridized carbons (Fsp3) is 0.650. The summed E-state index contributed by atoms with van der Waals surface area (Å²) < 4.78 is 5.21. The molecule has 1 saturated heterocycles. The maximum atomic E-state index is 12.6. The number of methoxy groups -OCH3 is 1. The van der Waals surface area contributed by atoms with Gasteiger partial charge in [-0.15, -0.1) is 0 Å². The Morgan fingerprint density at radius 2 is 2.04 bits per heavy atom. The molecule has 0 saturated carbocycles. The van der Waals surface area contributed by atoms with E-state index in [-0.39, 0.29) is 11.4 Å². The standard InChI is InChI=1S/C20H31NO2/c1-5-6-10-13-20(19(22)23-4)15-21(14-16(20)2)17(3)18-11-8-7-9-12-18/h7-9,11-12,16-17H,5-6,10,13-15H2,1-4H3/t16-,17-,20-/m1/s1. The zero-order valence-electron chi connectivity index (χ0n) is 15.0. The Kier molecular flexibility index (Phi) is 6.23. The lowest BCUT2D eigenvalue weighted by atomic mass is 9.75. The van der Waals surface area contributed by atoms with Crippen LogP contribution >= 0.6 is 0 Å². The van der Waals surface area contributed by atoms with E-state index < -0.39 is 0 Å². The zero-order chi connectivity index (χ0) is 16.9. The van der Waals surface area contributed by atoms with Crippen molar-refractivity contribution in [1.29, 1.82) is 0 Å². The van der Waals surface area contributed by atoms with Gasteiger partial charge >= 0.3 is 5.97 Å². The van der Waals surface area contributed by atoms with Crippen LogP contribution in [-0.4, -0.2) is 31.1 Å². The lowest BCUT2D eigenvalue weighted by Crippen LogP contribution is -2.39. The summed E-state index contributed by atoms with van der Waals surface area (Å²) in [6.45, 7) is 8.41. The van der Waals surface area contributed by atoms with Crippen LogP contribution in [0.25, 0.3) is 0 Å². The van der Waals surface area contributed by atoms with Gasteiger partial charge < -0.3 is 4.74 Å². The molecule has 3 heteroatoms. The van der Waals surface area contributed by atoms with E-state index in [0.29, 0.717) is 12.0 Å². The molecular weight excluding hydrogens is 286 g/mol. The van der Waals surface area contributed by atoms with Gasteiger partial charge in [-0.1, -0.05) is 63.4 Å². The smallest absolute Gasteiger partial charge is 0.313 e. The molecule has 1 heterocycles. The van der Waals surface area contributed by atoms with Gasteiger partial charge in [0.25, 0.3) is 0 Å². The molecule has 0 amide bonds. The molecule has 0 unspecified atom stereocenters. The number of nitrogens with zero attached hydrogens (tertiary/aromatic N) is 1. The fourth-order valence-corrected chi connectivity index (χ4v) is 3.93. The average Bonchev–Trinajstić information content (AvgIpc) is 2.92. The molecule has 1 aromatic carbocycles. The first-order chi connectivity index (χ1) is 11.0. The first-order valence-corrected chi connectivity index (χ1v) is 8.92. The number of hydrogen-bond acceptors (Lipinski definition) is 3. The quantitative estimate of drug-likeness (QED) is 0.550. The molecule has 0 aromatic heterocycles. The molecule has 1 aromatic rings. The zero-order valence-corrected chi connectivity index (χ0v) is 15.0. The highest BCUT2D eigenvalue weighted by Gasteiger charge is 2.51. The highest BCUT2D eigenvalue weighted by Crippen LogP contribution is 2.44. The van der Waals surface area contributed by atoms with Crippen LogP contribution in [0.5, 0.6) is 0 Å². The number of unbranched alkanes of at least 4 members (excludes halogenated alkanes) is 2. The van der Waals surface area contributed by atoms with Crippen molar-refractivity contribution in [1.82, 2.24) is 4.90 Å². The van der Waals surface area contributed by atoms with Crippen molar-refractivity contribution in [3.63, 3.8) is 0 Å². The van der Waals surface area contributed by atoms with Gasteiger partial charge in [0.2, 0.25) is 0 Å². The van der Waals surface area contributed by atoms with Gasteiger partial charge in [-0.3, -0.25) is 9.69 Å². The number of carbonyl (C=O) groups excluding carboxylic acids is 1. The number of hydrogen-bond donors (Lipinski definition) is 0. The van der Waals surface area contributed by atoms with Crippen LogP contribution in [0.15, 0.2) is 30.3 Å². The van der Waals surface area contributed by atoms with Gasteiger partial charge in [-0.2, -0.15) is 0 Å². The highest BCUT2D eigenvalue weighted by atomic mass is 16.5. The molecule has 3 atom stereocenters. The monoisotopic (exact) mass is 317 g/mol. The summed E-state index contributed by atoms with van der Waals surface area (Å²) in [6.07, 6.45) is 4.39. The number of rotatable bonds is 7. The SMILES string of the molecule is CCCCC[C@@]1(C(=O)OC)CN([C@H](C)c2ccccc2)C[C@H]1C. The molecule has 0 radical (unpaired) electrons. The third kappa shape index (κ3) is 3.77. The van der Waals surface area contributed by atoms with Gasteiger partial charge in [0.15, 0.2) is 0 Å². The number of likely N-dealkylation sites (tertiary alicyclic amines) is 1. The third-order valence-electron chi connectivity index (χ3n) is 5.58. The second-order valence-electron chi connectivity index (χ2n) is 7.02. The molecule has 1 aliphatic rings. The highest BCUT2D eigenvalue weighted by molar-refractivity contribution is 5.78. The Bertz CT molecular complexity index is 502. The summed E-state index contributed by atoms with van der Waals surface area (Å²) >= 11 is 0. The number of ether oxygens (including phenoxy) is 1. The van der Waals surface area contributed by atoms with Crippen molar-refractivity contribution in [2.75, 3.05) is 20.2 Å². The summed E-state index contributed by atoms with van der Waals surface area (Å²) in [4.78, 5) is 15.0. The minimum Gasteiger partial charge on any atom is -0.469 e. The van der Waals surface area contributed by atoms with Gasteiger partial charge in [0, 0.05) is 19.1 Å². The maximum Gasteiger partial charge on any atom is 0.313 e. The van der Waals surface area contributed by atoms with E-state index in [9.17, 15) is 4.79 Å². The summed E-state index contributed by atoms with van der Waals surface area (Å²) in [5.41, 5.74) is 0.974. The molecule has 1 aliphatic heterocycles. The molecule has 23 heavy (non-hydrogen) atoms. The molecule has 0 aliphatic carbocycles. The molecule has 0 N–H and O–H groups in total. The predicted octanol–water partition coefficient (Wildman–Crippen LogP) is 4.44. The van der Waals surface area contributed by atoms with E-state index in [1.54, 1.807) is 0 Å². The van der Waals surface area contributed by atoms with E-state index in [1.165, 1.54) is 25.5 Å². The van der Waals surface area contributed by atoms with Crippen molar-refractivity contribution in [3.05, 3.63) is 35.9 Å². The van der Waals surface area contributed by atoms with Gasteiger partial charge in [-0.25, -0.2) is 0 Å². The molecular formula is C20H31NO2. The summed E-state index contributed by atoms with van der Waals surface area (Å²) in [5, 5.41) is 0. The minimum atomic E-state index is -0.340. The molecule has 0 bridgehead atoms. The first kappa shape index (κ1) is 18.0. The van der Waals surface area contributed by atoms with Gasteiger partial charge in [-0.05, 0) is 24.8 Å². The Labute approximate surface area is 141 Å². The topological polar surface area (TPSA) is 29.5 Å². The summed E-state index contributed by atoms with van der Waals surface area (Å²) in [6, 6.07) is 10.9. The van der Waals surface area contributed by atoms with E-state index in [2.05, 4.69) is 49.9 Å². The second kappa shape index (κ2) is 7.96. The van der Waals surface area contributed by atoms with Gasteiger partial charge in [0.1, 0.15) is 0 Å². The number of esters is 1. The molecule has 128 valence electrons. The maximum absolute atomic E-state index is 12.6. The second-order valence-corrected chi connectivity index (χ2v) is 7.02. The van der Waals surface area contributed by atoms with Crippen LogP contribution in [-0.2, 0) is 9.53 Å². The van der Waals surface area contributed by atoms with Crippen LogP contribution in [0.1, 0.15) is 58.1 Å². The van der Waals surface area contributed by atoms with Crippen molar-refractivity contribution in [2.45, 2.75) is 52.5 Å². The lowest BCUT2D eigenvalue weighted by molar-refractivity contribution is -0.154. The lowest BCUT2D eigenvalue weighted by Gasteiger charge is -2.31. The number of carbonyl (C=O) groups is 1. The molecule has 2 rings (SSSR count). The molecule has 1 fully saturated rings. The normalized spacial score (nSPS) is 26.2. The van der Waals surface area contributed by atoms with Crippen LogP contribution in [0.3, 0.4) is 0 Å². The Balaban J connectivity index is 2.16. The largest absolute Gasteiger partial charge is 0.469 e. The Morgan fingerprint density at radius 3 is 2.65 bits per heavy atom. The number of benzene rings is 1.